The molecule has 0 fully saturated rings. The molecule has 0 unspecified atom stereocenters. The van der Waals surface area contributed by atoms with Gasteiger partial charge in [-0.25, -0.2) is 0 Å². The molecule has 0 bridgehead atoms. The first-order chi connectivity index (χ1) is 17.1. The van der Waals surface area contributed by atoms with E-state index in [0.717, 1.165) is 43.9 Å². The van der Waals surface area contributed by atoms with Crippen LogP contribution in [0.25, 0.3) is 0 Å². The van der Waals surface area contributed by atoms with Crippen LogP contribution in [0.4, 0.5) is 0 Å². The van der Waals surface area contributed by atoms with Gasteiger partial charge in [0.2, 0.25) is 0 Å². The monoisotopic (exact) mass is 538 g/mol. The molecule has 172 valence electrons. The van der Waals surface area contributed by atoms with Crippen LogP contribution >= 0.6 is 27.5 Å². The maximum atomic E-state index is 6.97. The van der Waals surface area contributed by atoms with Crippen LogP contribution in [0.15, 0.2) is 138 Å². The molecule has 0 heterocycles. The third-order valence-electron chi connectivity index (χ3n) is 6.14. The van der Waals surface area contributed by atoms with E-state index in [1.54, 1.807) is 0 Å². The van der Waals surface area contributed by atoms with E-state index in [2.05, 4.69) is 107 Å². The third-order valence-corrected chi connectivity index (χ3v) is 7.00. The first kappa shape index (κ1) is 23.4. The molecule has 0 aromatic heterocycles. The van der Waals surface area contributed by atoms with E-state index < -0.39 is 5.60 Å². The molecule has 0 amide bonds. The van der Waals surface area contributed by atoms with Crippen LogP contribution in [0.5, 0.6) is 5.75 Å². The molecule has 5 rings (SSSR count). The van der Waals surface area contributed by atoms with Crippen molar-refractivity contribution in [1.82, 2.24) is 0 Å². The SMILES string of the molecule is Clc1ccc(Br)cc1Cc1ccc(OC(c2ccccc2)(c2ccccc2)c2ccccc2)cc1. The minimum absolute atomic E-state index is 0.750. The zero-order chi connectivity index (χ0) is 24.1. The van der Waals surface area contributed by atoms with Gasteiger partial charge in [-0.1, -0.05) is 131 Å². The third kappa shape index (κ3) is 5.05. The molecule has 0 radical (unpaired) electrons. The summed E-state index contributed by atoms with van der Waals surface area (Å²) in [6.07, 6.45) is 0.750. The summed E-state index contributed by atoms with van der Waals surface area (Å²) in [4.78, 5) is 0. The first-order valence-electron chi connectivity index (χ1n) is 11.5. The van der Waals surface area contributed by atoms with Crippen molar-refractivity contribution < 1.29 is 4.74 Å². The highest BCUT2D eigenvalue weighted by Crippen LogP contribution is 2.41. The molecule has 35 heavy (non-hydrogen) atoms. The summed E-state index contributed by atoms with van der Waals surface area (Å²) in [5, 5.41) is 0.768. The molecule has 3 heteroatoms. The van der Waals surface area contributed by atoms with Crippen LogP contribution in [-0.4, -0.2) is 0 Å². The number of hydrogen-bond donors (Lipinski definition) is 0. The van der Waals surface area contributed by atoms with Crippen LogP contribution in [0, 0.1) is 0 Å². The summed E-state index contributed by atoms with van der Waals surface area (Å²) < 4.78 is 8.00. The summed E-state index contributed by atoms with van der Waals surface area (Å²) in [6, 6.07) is 45.5. The topological polar surface area (TPSA) is 9.23 Å². The molecule has 0 saturated carbocycles. The Bertz CT molecular complexity index is 1290. The predicted molar refractivity (Wildman–Crippen MR) is 148 cm³/mol. The lowest BCUT2D eigenvalue weighted by Gasteiger charge is -2.36. The van der Waals surface area contributed by atoms with Crippen molar-refractivity contribution in [2.45, 2.75) is 12.0 Å². The Morgan fingerprint density at radius 1 is 0.600 bits per heavy atom. The van der Waals surface area contributed by atoms with Crippen LogP contribution in [0.3, 0.4) is 0 Å². The minimum Gasteiger partial charge on any atom is -0.473 e. The number of hydrogen-bond acceptors (Lipinski definition) is 1. The normalized spacial score (nSPS) is 11.3. The van der Waals surface area contributed by atoms with Gasteiger partial charge in [-0.3, -0.25) is 0 Å². The van der Waals surface area contributed by atoms with E-state index in [1.807, 2.05) is 42.5 Å². The molecule has 0 spiro atoms. The fourth-order valence-corrected chi connectivity index (χ4v) is 5.04. The van der Waals surface area contributed by atoms with Gasteiger partial charge in [0.05, 0.1) is 0 Å². The van der Waals surface area contributed by atoms with Crippen LogP contribution in [0.1, 0.15) is 27.8 Å². The Hall–Kier alpha value is -3.33. The van der Waals surface area contributed by atoms with Crippen LogP contribution in [-0.2, 0) is 12.0 Å². The first-order valence-corrected chi connectivity index (χ1v) is 12.7. The molecule has 5 aromatic rings. The molecule has 0 N–H and O–H groups in total. The van der Waals surface area contributed by atoms with Gasteiger partial charge < -0.3 is 4.74 Å². The van der Waals surface area contributed by atoms with Crippen molar-refractivity contribution in [3.8, 4) is 5.75 Å². The Labute approximate surface area is 220 Å². The van der Waals surface area contributed by atoms with Crippen LogP contribution < -0.4 is 4.74 Å². The maximum Gasteiger partial charge on any atom is 0.184 e. The Kier molecular flexibility index (Phi) is 7.03. The highest BCUT2D eigenvalue weighted by molar-refractivity contribution is 9.10. The quantitative estimate of drug-likeness (QED) is 0.187. The van der Waals surface area contributed by atoms with Gasteiger partial charge in [0, 0.05) is 26.2 Å². The van der Waals surface area contributed by atoms with Crippen molar-refractivity contribution in [2.24, 2.45) is 0 Å². The molecule has 1 nitrogen and oxygen atoms in total. The maximum absolute atomic E-state index is 6.97. The van der Waals surface area contributed by atoms with Gasteiger partial charge in [-0.2, -0.15) is 0 Å². The second-order valence-corrected chi connectivity index (χ2v) is 9.76. The lowest BCUT2D eigenvalue weighted by atomic mass is 9.80. The van der Waals surface area contributed by atoms with E-state index in [0.29, 0.717) is 0 Å². The minimum atomic E-state index is -0.793. The van der Waals surface area contributed by atoms with E-state index in [-0.39, 0.29) is 0 Å². The van der Waals surface area contributed by atoms with Gasteiger partial charge in [0.25, 0.3) is 0 Å². The fraction of sp³-hybridized carbons (Fsp3) is 0.0625. The average Bonchev–Trinajstić information content (AvgIpc) is 2.92. The molecule has 0 aliphatic rings. The second-order valence-electron chi connectivity index (χ2n) is 8.44. The molecule has 5 aromatic carbocycles. The number of halogens is 2. The van der Waals surface area contributed by atoms with E-state index in [9.17, 15) is 0 Å². The van der Waals surface area contributed by atoms with Crippen molar-refractivity contribution >= 4 is 27.5 Å². The largest absolute Gasteiger partial charge is 0.473 e. The molecular weight excluding hydrogens is 516 g/mol. The van der Waals surface area contributed by atoms with Gasteiger partial charge in [0.1, 0.15) is 5.75 Å². The summed E-state index contributed by atoms with van der Waals surface area (Å²) in [5.41, 5.74) is 4.68. The summed E-state index contributed by atoms with van der Waals surface area (Å²) in [7, 11) is 0. The highest BCUT2D eigenvalue weighted by Gasteiger charge is 2.38. The van der Waals surface area contributed by atoms with Crippen LogP contribution in [0.2, 0.25) is 5.02 Å². The lowest BCUT2D eigenvalue weighted by Crippen LogP contribution is -2.36. The molecule has 0 aliphatic heterocycles. The van der Waals surface area contributed by atoms with Gasteiger partial charge in [-0.05, 0) is 47.9 Å². The Morgan fingerprint density at radius 2 is 1.09 bits per heavy atom. The molecular formula is C32H24BrClO. The number of rotatable bonds is 7. The summed E-state index contributed by atoms with van der Waals surface area (Å²) in [6.45, 7) is 0. The van der Waals surface area contributed by atoms with E-state index >= 15 is 0 Å². The van der Waals surface area contributed by atoms with Gasteiger partial charge in [-0.15, -0.1) is 0 Å². The lowest BCUT2D eigenvalue weighted by molar-refractivity contribution is 0.155. The van der Waals surface area contributed by atoms with Gasteiger partial charge >= 0.3 is 0 Å². The van der Waals surface area contributed by atoms with E-state index in [1.165, 1.54) is 5.56 Å². The summed E-state index contributed by atoms with van der Waals surface area (Å²) >= 11 is 9.96. The smallest absolute Gasteiger partial charge is 0.184 e. The predicted octanol–water partition coefficient (Wildman–Crippen LogP) is 9.06. The fourth-order valence-electron chi connectivity index (χ4n) is 4.45. The standard InChI is InChI=1S/C32H24BrClO/c33-29-18-21-31(34)25(23-29)22-24-16-19-30(20-17-24)35-32(26-10-4-1-5-11-26,27-12-6-2-7-13-27)28-14-8-3-9-15-28/h1-21,23H,22H2. The van der Waals surface area contributed by atoms with Crippen molar-refractivity contribution in [2.75, 3.05) is 0 Å². The second kappa shape index (κ2) is 10.5. The molecule has 0 aliphatic carbocycles. The number of benzene rings is 5. The van der Waals surface area contributed by atoms with Crippen molar-refractivity contribution in [3.63, 3.8) is 0 Å². The average molecular weight is 540 g/mol. The van der Waals surface area contributed by atoms with Crippen molar-refractivity contribution in [3.05, 3.63) is 171 Å². The zero-order valence-electron chi connectivity index (χ0n) is 19.1. The molecule has 0 atom stereocenters. The molecule has 0 saturated heterocycles. The zero-order valence-corrected chi connectivity index (χ0v) is 21.4. The number of ether oxygens (including phenoxy) is 1. The van der Waals surface area contributed by atoms with Crippen molar-refractivity contribution in [1.29, 1.82) is 0 Å². The van der Waals surface area contributed by atoms with E-state index in [4.69, 9.17) is 16.3 Å². The Balaban J connectivity index is 1.56. The highest BCUT2D eigenvalue weighted by atomic mass is 79.9. The van der Waals surface area contributed by atoms with Gasteiger partial charge in [0.15, 0.2) is 5.60 Å². The Morgan fingerprint density at radius 3 is 1.57 bits per heavy atom. The summed E-state index contributed by atoms with van der Waals surface area (Å²) in [5.74, 6) is 0.797.